The minimum Gasteiger partial charge on any atom is -0.192 e. The molecule has 2 aromatic carbocycles. The van der Waals surface area contributed by atoms with E-state index in [1.807, 2.05) is 12.1 Å². The second-order valence-electron chi connectivity index (χ2n) is 8.61. The minimum atomic E-state index is 0.413. The summed E-state index contributed by atoms with van der Waals surface area (Å²) in [6, 6.07) is 17.1. The van der Waals surface area contributed by atoms with Gasteiger partial charge in [-0.05, 0) is 55.6 Å². The first-order valence-corrected chi connectivity index (χ1v) is 11.2. The van der Waals surface area contributed by atoms with Crippen molar-refractivity contribution in [3.8, 4) is 23.3 Å². The van der Waals surface area contributed by atoms with Gasteiger partial charge in [0.15, 0.2) is 0 Å². The second kappa shape index (κ2) is 10.3. The summed E-state index contributed by atoms with van der Waals surface area (Å²) in [6.45, 7) is 4.32. The number of hydrogen-bond acceptors (Lipinski definition) is 2. The van der Waals surface area contributed by atoms with Crippen molar-refractivity contribution in [2.75, 3.05) is 0 Å². The largest absolute Gasteiger partial charge is 0.192 e. The van der Waals surface area contributed by atoms with Crippen LogP contribution in [0.4, 0.5) is 0 Å². The van der Waals surface area contributed by atoms with Crippen LogP contribution in [-0.4, -0.2) is 0 Å². The van der Waals surface area contributed by atoms with Gasteiger partial charge < -0.3 is 0 Å². The molecule has 0 radical (unpaired) electrons. The number of nitriles is 2. The van der Waals surface area contributed by atoms with Crippen molar-refractivity contribution in [2.45, 2.75) is 77.6 Å². The lowest BCUT2D eigenvalue weighted by Gasteiger charge is -2.29. The Hall–Kier alpha value is -2.58. The molecule has 1 aliphatic carbocycles. The molecule has 29 heavy (non-hydrogen) atoms. The summed E-state index contributed by atoms with van der Waals surface area (Å²) >= 11 is 0. The van der Waals surface area contributed by atoms with Gasteiger partial charge in [0.05, 0.1) is 11.1 Å². The Balaban J connectivity index is 1.77. The maximum atomic E-state index is 9.89. The first-order valence-electron chi connectivity index (χ1n) is 11.2. The number of benzene rings is 2. The van der Waals surface area contributed by atoms with Crippen molar-refractivity contribution in [1.29, 1.82) is 10.5 Å². The average molecular weight is 385 g/mol. The number of nitrogens with zero attached hydrogens (tertiary/aromatic N) is 2. The summed E-state index contributed by atoms with van der Waals surface area (Å²) in [5.41, 5.74) is 5.29. The molecule has 1 fully saturated rings. The van der Waals surface area contributed by atoms with Crippen molar-refractivity contribution < 1.29 is 0 Å². The average Bonchev–Trinajstić information content (AvgIpc) is 2.76. The summed E-state index contributed by atoms with van der Waals surface area (Å²) in [5.74, 6) is 1.26. The van der Waals surface area contributed by atoms with E-state index in [9.17, 15) is 10.5 Å². The van der Waals surface area contributed by atoms with Gasteiger partial charge in [-0.15, -0.1) is 0 Å². The molecule has 0 atom stereocenters. The zero-order valence-electron chi connectivity index (χ0n) is 17.9. The van der Waals surface area contributed by atoms with Gasteiger partial charge in [0.2, 0.25) is 0 Å². The zero-order chi connectivity index (χ0) is 20.6. The van der Waals surface area contributed by atoms with Gasteiger partial charge in [0.25, 0.3) is 0 Å². The first kappa shape index (κ1) is 21.1. The predicted octanol–water partition coefficient (Wildman–Crippen LogP) is 7.65. The molecule has 0 aromatic heterocycles. The molecule has 0 N–H and O–H groups in total. The van der Waals surface area contributed by atoms with Gasteiger partial charge in [0, 0.05) is 5.56 Å². The van der Waals surface area contributed by atoms with Crippen LogP contribution in [0.3, 0.4) is 0 Å². The molecule has 0 saturated heterocycles. The van der Waals surface area contributed by atoms with Crippen LogP contribution in [0, 0.1) is 35.5 Å². The topological polar surface area (TPSA) is 47.6 Å². The lowest BCUT2D eigenvalue weighted by atomic mass is 9.75. The normalized spacial score (nSPS) is 18.8. The monoisotopic (exact) mass is 384 g/mol. The van der Waals surface area contributed by atoms with Crippen LogP contribution in [-0.2, 0) is 0 Å². The Morgan fingerprint density at radius 1 is 0.828 bits per heavy atom. The van der Waals surface area contributed by atoms with E-state index in [1.165, 1.54) is 50.5 Å². The molecule has 1 aliphatic rings. The van der Waals surface area contributed by atoms with Gasteiger partial charge in [0.1, 0.15) is 12.1 Å². The molecule has 1 saturated carbocycles. The van der Waals surface area contributed by atoms with Gasteiger partial charge in [-0.1, -0.05) is 81.0 Å². The van der Waals surface area contributed by atoms with Crippen LogP contribution in [0.25, 0.3) is 11.1 Å². The van der Waals surface area contributed by atoms with Crippen molar-refractivity contribution >= 4 is 0 Å². The fourth-order valence-corrected chi connectivity index (χ4v) is 4.79. The summed E-state index contributed by atoms with van der Waals surface area (Å²) in [6.07, 6.45) is 11.5. The van der Waals surface area contributed by atoms with Crippen LogP contribution < -0.4 is 0 Å². The van der Waals surface area contributed by atoms with E-state index < -0.39 is 0 Å². The maximum absolute atomic E-state index is 9.89. The third-order valence-electron chi connectivity index (χ3n) is 6.58. The van der Waals surface area contributed by atoms with Crippen LogP contribution in [0.1, 0.15) is 92.9 Å². The zero-order valence-corrected chi connectivity index (χ0v) is 17.9. The molecule has 2 heteroatoms. The van der Waals surface area contributed by atoms with Gasteiger partial charge in [-0.2, -0.15) is 10.5 Å². The van der Waals surface area contributed by atoms with E-state index in [2.05, 4.69) is 50.3 Å². The molecule has 0 bridgehead atoms. The lowest BCUT2D eigenvalue weighted by Crippen LogP contribution is -2.15. The Morgan fingerprint density at radius 2 is 1.52 bits per heavy atom. The van der Waals surface area contributed by atoms with Crippen LogP contribution in [0.5, 0.6) is 0 Å². The first-order chi connectivity index (χ1) is 14.2. The summed E-state index contributed by atoms with van der Waals surface area (Å²) < 4.78 is 0. The van der Waals surface area contributed by atoms with E-state index in [0.29, 0.717) is 17.0 Å². The Bertz CT molecular complexity index is 888. The molecular weight excluding hydrogens is 352 g/mol. The minimum absolute atomic E-state index is 0.413. The molecule has 0 spiro atoms. The van der Waals surface area contributed by atoms with E-state index in [0.717, 1.165) is 35.4 Å². The van der Waals surface area contributed by atoms with Gasteiger partial charge >= 0.3 is 0 Å². The number of aryl methyl sites for hydroxylation is 1. The van der Waals surface area contributed by atoms with Crippen LogP contribution in [0.2, 0.25) is 0 Å². The third-order valence-corrected chi connectivity index (χ3v) is 6.58. The predicted molar refractivity (Wildman–Crippen MR) is 120 cm³/mol. The molecule has 3 rings (SSSR count). The fraction of sp³-hybridized carbons (Fsp3) is 0.481. The Kier molecular flexibility index (Phi) is 7.48. The Labute approximate surface area is 176 Å². The molecule has 0 unspecified atom stereocenters. The van der Waals surface area contributed by atoms with Gasteiger partial charge in [-0.25, -0.2) is 0 Å². The molecule has 0 amide bonds. The highest BCUT2D eigenvalue weighted by atomic mass is 14.3. The number of hydrogen-bond donors (Lipinski definition) is 0. The molecule has 150 valence electrons. The highest BCUT2D eigenvalue weighted by molar-refractivity contribution is 5.75. The number of unbranched alkanes of at least 4 members (excludes halogenated alkanes) is 3. The standard InChI is InChI=1S/C27H32N2/c1-3-4-5-6-7-21-10-14-23(15-11-21)25-17-16-24(26(18-28)27(25)19-29)22-12-8-20(2)9-13-22/h8-9,12-13,16-17,21,23H,3-7,10-11,14-15H2,1-2H3/t21-,23-. The third kappa shape index (κ3) is 5.07. The number of rotatable bonds is 7. The van der Waals surface area contributed by atoms with Crippen LogP contribution >= 0.6 is 0 Å². The van der Waals surface area contributed by atoms with Crippen LogP contribution in [0.15, 0.2) is 36.4 Å². The quantitative estimate of drug-likeness (QED) is 0.460. The van der Waals surface area contributed by atoms with Crippen molar-refractivity contribution in [3.63, 3.8) is 0 Å². The SMILES string of the molecule is CCCCCC[C@H]1CC[C@H](c2ccc(-c3ccc(C)cc3)c(C#N)c2C#N)CC1. The van der Waals surface area contributed by atoms with E-state index in [4.69, 9.17) is 0 Å². The highest BCUT2D eigenvalue weighted by Crippen LogP contribution is 2.41. The maximum Gasteiger partial charge on any atom is 0.101 e. The summed E-state index contributed by atoms with van der Waals surface area (Å²) in [7, 11) is 0. The highest BCUT2D eigenvalue weighted by Gasteiger charge is 2.26. The summed E-state index contributed by atoms with van der Waals surface area (Å²) in [5, 5.41) is 19.7. The van der Waals surface area contributed by atoms with Crippen molar-refractivity contribution in [1.82, 2.24) is 0 Å². The van der Waals surface area contributed by atoms with E-state index in [1.54, 1.807) is 0 Å². The molecule has 2 nitrogen and oxygen atoms in total. The van der Waals surface area contributed by atoms with Crippen molar-refractivity contribution in [3.05, 3.63) is 58.7 Å². The molecule has 0 heterocycles. The smallest absolute Gasteiger partial charge is 0.101 e. The van der Waals surface area contributed by atoms with E-state index in [-0.39, 0.29) is 0 Å². The molecular formula is C27H32N2. The summed E-state index contributed by atoms with van der Waals surface area (Å²) in [4.78, 5) is 0. The molecule has 2 aromatic rings. The second-order valence-corrected chi connectivity index (χ2v) is 8.61. The van der Waals surface area contributed by atoms with Gasteiger partial charge in [-0.3, -0.25) is 0 Å². The van der Waals surface area contributed by atoms with E-state index >= 15 is 0 Å². The molecule has 0 aliphatic heterocycles. The van der Waals surface area contributed by atoms with Crippen molar-refractivity contribution in [2.24, 2.45) is 5.92 Å². The Morgan fingerprint density at radius 3 is 2.14 bits per heavy atom. The fourth-order valence-electron chi connectivity index (χ4n) is 4.79. The lowest BCUT2D eigenvalue weighted by molar-refractivity contribution is 0.302.